The lowest BCUT2D eigenvalue weighted by Gasteiger charge is -2.17. The predicted octanol–water partition coefficient (Wildman–Crippen LogP) is 5.09. The zero-order chi connectivity index (χ0) is 22.0. The van der Waals surface area contributed by atoms with Crippen LogP contribution in [0.3, 0.4) is 0 Å². The summed E-state index contributed by atoms with van der Waals surface area (Å²) in [6, 6.07) is 19.0. The summed E-state index contributed by atoms with van der Waals surface area (Å²) in [6.45, 7) is 4.07. The van der Waals surface area contributed by atoms with Gasteiger partial charge in [-0.1, -0.05) is 30.3 Å². The summed E-state index contributed by atoms with van der Waals surface area (Å²) < 4.78 is 1.82. The van der Waals surface area contributed by atoms with Gasteiger partial charge in [-0.05, 0) is 43.2 Å². The van der Waals surface area contributed by atoms with Crippen LogP contribution in [0.4, 0.5) is 11.5 Å². The number of hydrogen-bond acceptors (Lipinski definition) is 5. The number of nitrogens with one attached hydrogen (secondary N) is 1. The monoisotopic (exact) mass is 412 g/mol. The van der Waals surface area contributed by atoms with Crippen molar-refractivity contribution in [2.24, 2.45) is 7.05 Å². The standard InChI is InChI=1S/C25H28N6/c1-17(19-8-6-9-20(12-19)22-15-26-31(5)16-22)27-25-14-24(28-18(2)29-25)21-10-7-11-23(13-21)30(3)4/h6-17H,1-5H3,(H,27,28,29). The van der Waals surface area contributed by atoms with Crippen molar-refractivity contribution in [2.75, 3.05) is 24.3 Å². The SMILES string of the molecule is Cc1nc(NC(C)c2cccc(-c3cnn(C)c3)c2)cc(-c2cccc(N(C)C)c2)n1. The Hall–Kier alpha value is -3.67. The Kier molecular flexibility index (Phi) is 5.71. The summed E-state index contributed by atoms with van der Waals surface area (Å²) in [5.41, 5.74) is 6.58. The molecule has 0 fully saturated rings. The second kappa shape index (κ2) is 8.60. The molecule has 1 N–H and O–H groups in total. The van der Waals surface area contributed by atoms with Crippen molar-refractivity contribution in [3.05, 3.63) is 78.4 Å². The molecule has 0 bridgehead atoms. The molecule has 0 radical (unpaired) electrons. The molecule has 2 heterocycles. The third-order valence-electron chi connectivity index (χ3n) is 5.29. The number of nitrogens with zero attached hydrogens (tertiary/aromatic N) is 5. The van der Waals surface area contributed by atoms with Gasteiger partial charge in [-0.2, -0.15) is 5.10 Å². The summed E-state index contributed by atoms with van der Waals surface area (Å²) >= 11 is 0. The topological polar surface area (TPSA) is 58.9 Å². The molecule has 0 aliphatic heterocycles. The first kappa shape index (κ1) is 20.6. The molecule has 4 rings (SSSR count). The highest BCUT2D eigenvalue weighted by atomic mass is 15.2. The van der Waals surface area contributed by atoms with E-state index in [1.165, 1.54) is 5.56 Å². The van der Waals surface area contributed by atoms with Crippen LogP contribution in [0.1, 0.15) is 24.4 Å². The second-order valence-electron chi connectivity index (χ2n) is 8.02. The third-order valence-corrected chi connectivity index (χ3v) is 5.29. The smallest absolute Gasteiger partial charge is 0.130 e. The van der Waals surface area contributed by atoms with E-state index < -0.39 is 0 Å². The molecule has 6 heteroatoms. The van der Waals surface area contributed by atoms with Gasteiger partial charge in [0.05, 0.1) is 11.9 Å². The van der Waals surface area contributed by atoms with Crippen molar-refractivity contribution in [3.63, 3.8) is 0 Å². The Labute approximate surface area is 183 Å². The molecule has 0 saturated carbocycles. The van der Waals surface area contributed by atoms with Crippen molar-refractivity contribution in [1.29, 1.82) is 0 Å². The van der Waals surface area contributed by atoms with Crippen molar-refractivity contribution in [2.45, 2.75) is 19.9 Å². The van der Waals surface area contributed by atoms with Gasteiger partial charge in [0.15, 0.2) is 0 Å². The molecule has 0 spiro atoms. The molecule has 0 aliphatic rings. The van der Waals surface area contributed by atoms with E-state index >= 15 is 0 Å². The van der Waals surface area contributed by atoms with Crippen LogP contribution in [-0.4, -0.2) is 33.8 Å². The van der Waals surface area contributed by atoms with Crippen LogP contribution >= 0.6 is 0 Å². The zero-order valence-corrected chi connectivity index (χ0v) is 18.7. The lowest BCUT2D eigenvalue weighted by atomic mass is 10.0. The molecule has 1 atom stereocenters. The second-order valence-corrected chi connectivity index (χ2v) is 8.02. The van der Waals surface area contributed by atoms with E-state index in [0.717, 1.165) is 39.7 Å². The minimum absolute atomic E-state index is 0.0897. The fourth-order valence-corrected chi connectivity index (χ4v) is 3.60. The van der Waals surface area contributed by atoms with E-state index in [1.807, 2.05) is 51.2 Å². The summed E-state index contributed by atoms with van der Waals surface area (Å²) in [4.78, 5) is 11.4. The lowest BCUT2D eigenvalue weighted by molar-refractivity contribution is 0.768. The first-order valence-corrected chi connectivity index (χ1v) is 10.4. The van der Waals surface area contributed by atoms with Crippen LogP contribution in [0.2, 0.25) is 0 Å². The summed E-state index contributed by atoms with van der Waals surface area (Å²) in [7, 11) is 6.01. The Morgan fingerprint density at radius 3 is 2.45 bits per heavy atom. The van der Waals surface area contributed by atoms with Gasteiger partial charge in [0.2, 0.25) is 0 Å². The highest BCUT2D eigenvalue weighted by Gasteiger charge is 2.11. The summed E-state index contributed by atoms with van der Waals surface area (Å²) in [5, 5.41) is 7.83. The maximum absolute atomic E-state index is 4.66. The molecule has 158 valence electrons. The number of aryl methyl sites for hydroxylation is 2. The number of hydrogen-bond donors (Lipinski definition) is 1. The molecule has 4 aromatic rings. The van der Waals surface area contributed by atoms with Crippen molar-refractivity contribution < 1.29 is 0 Å². The van der Waals surface area contributed by atoms with Gasteiger partial charge in [0, 0.05) is 56.3 Å². The van der Waals surface area contributed by atoms with Gasteiger partial charge >= 0.3 is 0 Å². The molecule has 31 heavy (non-hydrogen) atoms. The highest BCUT2D eigenvalue weighted by Crippen LogP contribution is 2.27. The number of aromatic nitrogens is 4. The molecule has 2 aromatic heterocycles. The van der Waals surface area contributed by atoms with Gasteiger partial charge in [-0.3, -0.25) is 4.68 Å². The highest BCUT2D eigenvalue weighted by molar-refractivity contribution is 5.68. The fraction of sp³-hybridized carbons (Fsp3) is 0.240. The minimum atomic E-state index is 0.0897. The third kappa shape index (κ3) is 4.74. The van der Waals surface area contributed by atoms with E-state index in [4.69, 9.17) is 0 Å². The molecule has 0 aliphatic carbocycles. The van der Waals surface area contributed by atoms with E-state index in [0.29, 0.717) is 0 Å². The predicted molar refractivity (Wildman–Crippen MR) is 127 cm³/mol. The first-order valence-electron chi connectivity index (χ1n) is 10.4. The van der Waals surface area contributed by atoms with Crippen LogP contribution in [0.5, 0.6) is 0 Å². The molecular formula is C25H28N6. The van der Waals surface area contributed by atoms with Crippen LogP contribution < -0.4 is 10.2 Å². The van der Waals surface area contributed by atoms with Crippen molar-refractivity contribution in [1.82, 2.24) is 19.7 Å². The van der Waals surface area contributed by atoms with Crippen LogP contribution in [0.15, 0.2) is 67.0 Å². The maximum Gasteiger partial charge on any atom is 0.130 e. The summed E-state index contributed by atoms with van der Waals surface area (Å²) in [5.74, 6) is 1.56. The van der Waals surface area contributed by atoms with Crippen LogP contribution in [0.25, 0.3) is 22.4 Å². The largest absolute Gasteiger partial charge is 0.378 e. The average molecular weight is 413 g/mol. The van der Waals surface area contributed by atoms with Gasteiger partial charge in [0.1, 0.15) is 11.6 Å². The average Bonchev–Trinajstić information content (AvgIpc) is 3.20. The molecule has 6 nitrogen and oxygen atoms in total. The molecular weight excluding hydrogens is 384 g/mol. The van der Waals surface area contributed by atoms with Crippen LogP contribution in [0, 0.1) is 6.92 Å². The van der Waals surface area contributed by atoms with Gasteiger partial charge in [0.25, 0.3) is 0 Å². The van der Waals surface area contributed by atoms with Crippen molar-refractivity contribution in [3.8, 4) is 22.4 Å². The zero-order valence-electron chi connectivity index (χ0n) is 18.7. The Morgan fingerprint density at radius 1 is 0.935 bits per heavy atom. The fourth-order valence-electron chi connectivity index (χ4n) is 3.60. The van der Waals surface area contributed by atoms with Gasteiger partial charge in [-0.15, -0.1) is 0 Å². The number of benzene rings is 2. The Morgan fingerprint density at radius 2 is 1.71 bits per heavy atom. The molecule has 0 saturated heterocycles. The maximum atomic E-state index is 4.66. The van der Waals surface area contributed by atoms with Gasteiger partial charge in [-0.25, -0.2) is 9.97 Å². The van der Waals surface area contributed by atoms with E-state index in [9.17, 15) is 0 Å². The quantitative estimate of drug-likeness (QED) is 0.478. The van der Waals surface area contributed by atoms with Crippen molar-refractivity contribution >= 4 is 11.5 Å². The number of rotatable bonds is 6. The minimum Gasteiger partial charge on any atom is -0.378 e. The van der Waals surface area contributed by atoms with E-state index in [1.54, 1.807) is 0 Å². The van der Waals surface area contributed by atoms with E-state index in [2.05, 4.69) is 80.7 Å². The number of anilines is 2. The normalized spacial score (nSPS) is 11.9. The van der Waals surface area contributed by atoms with Gasteiger partial charge < -0.3 is 10.2 Å². The Bertz CT molecular complexity index is 1190. The molecule has 0 amide bonds. The molecule has 2 aromatic carbocycles. The lowest BCUT2D eigenvalue weighted by Crippen LogP contribution is -2.10. The molecule has 1 unspecified atom stereocenters. The Balaban J connectivity index is 1.59. The first-order chi connectivity index (χ1) is 14.9. The van der Waals surface area contributed by atoms with E-state index in [-0.39, 0.29) is 6.04 Å². The summed E-state index contributed by atoms with van der Waals surface area (Å²) in [6.07, 6.45) is 3.91. The van der Waals surface area contributed by atoms with Crippen LogP contribution in [-0.2, 0) is 7.05 Å².